The van der Waals surface area contributed by atoms with E-state index in [1.54, 1.807) is 0 Å². The Morgan fingerprint density at radius 2 is 2.00 bits per heavy atom. The van der Waals surface area contributed by atoms with Crippen LogP contribution in [0.15, 0.2) is 0 Å². The highest BCUT2D eigenvalue weighted by Gasteiger charge is 2.32. The first-order valence-corrected chi connectivity index (χ1v) is 7.66. The standard InChI is InChI=1S/C15H32N2O/c1-5-7-10-18-11-9-17-12-14(8-6-2)16-13-15(17,3)4/h14,16H,5-13H2,1-4H3. The molecule has 0 aromatic heterocycles. The van der Waals surface area contributed by atoms with Crippen LogP contribution in [-0.4, -0.2) is 49.3 Å². The van der Waals surface area contributed by atoms with Gasteiger partial charge in [0.2, 0.25) is 0 Å². The number of unbranched alkanes of at least 4 members (excludes halogenated alkanes) is 1. The molecule has 1 atom stereocenters. The van der Waals surface area contributed by atoms with Crippen LogP contribution in [0.4, 0.5) is 0 Å². The second kappa shape index (κ2) is 8.13. The lowest BCUT2D eigenvalue weighted by molar-refractivity contribution is 0.0268. The zero-order chi connectivity index (χ0) is 13.4. The molecule has 0 bridgehead atoms. The molecule has 3 heteroatoms. The molecule has 0 aromatic carbocycles. The third kappa shape index (κ3) is 5.25. The Morgan fingerprint density at radius 3 is 2.67 bits per heavy atom. The van der Waals surface area contributed by atoms with Crippen molar-refractivity contribution in [1.29, 1.82) is 0 Å². The number of hydrogen-bond acceptors (Lipinski definition) is 3. The number of nitrogens with one attached hydrogen (secondary N) is 1. The summed E-state index contributed by atoms with van der Waals surface area (Å²) in [6, 6.07) is 0.665. The van der Waals surface area contributed by atoms with E-state index in [2.05, 4.69) is 37.9 Å². The van der Waals surface area contributed by atoms with Gasteiger partial charge in [-0.25, -0.2) is 0 Å². The van der Waals surface area contributed by atoms with Gasteiger partial charge in [-0.3, -0.25) is 4.90 Å². The molecule has 1 fully saturated rings. The first-order chi connectivity index (χ1) is 8.60. The molecule has 1 rings (SSSR count). The van der Waals surface area contributed by atoms with E-state index in [9.17, 15) is 0 Å². The van der Waals surface area contributed by atoms with Crippen molar-refractivity contribution >= 4 is 0 Å². The van der Waals surface area contributed by atoms with Crippen LogP contribution in [0.3, 0.4) is 0 Å². The Kier molecular flexibility index (Phi) is 7.20. The van der Waals surface area contributed by atoms with Crippen molar-refractivity contribution in [1.82, 2.24) is 10.2 Å². The maximum Gasteiger partial charge on any atom is 0.0593 e. The summed E-state index contributed by atoms with van der Waals surface area (Å²) in [5.41, 5.74) is 0.262. The monoisotopic (exact) mass is 256 g/mol. The molecule has 1 N–H and O–H groups in total. The van der Waals surface area contributed by atoms with Crippen LogP contribution >= 0.6 is 0 Å². The van der Waals surface area contributed by atoms with Gasteiger partial charge < -0.3 is 10.1 Å². The van der Waals surface area contributed by atoms with Crippen LogP contribution in [0.2, 0.25) is 0 Å². The number of ether oxygens (including phenoxy) is 1. The van der Waals surface area contributed by atoms with E-state index in [0.29, 0.717) is 6.04 Å². The van der Waals surface area contributed by atoms with Gasteiger partial charge in [0.05, 0.1) is 6.61 Å². The third-order valence-corrected chi connectivity index (χ3v) is 3.91. The highest BCUT2D eigenvalue weighted by atomic mass is 16.5. The van der Waals surface area contributed by atoms with Crippen molar-refractivity contribution in [3.63, 3.8) is 0 Å². The smallest absolute Gasteiger partial charge is 0.0593 e. The lowest BCUT2D eigenvalue weighted by Crippen LogP contribution is -2.62. The minimum Gasteiger partial charge on any atom is -0.380 e. The highest BCUT2D eigenvalue weighted by Crippen LogP contribution is 2.19. The normalized spacial score (nSPS) is 24.3. The summed E-state index contributed by atoms with van der Waals surface area (Å²) in [6.45, 7) is 14.2. The van der Waals surface area contributed by atoms with Crippen molar-refractivity contribution in [2.24, 2.45) is 0 Å². The van der Waals surface area contributed by atoms with Crippen molar-refractivity contribution < 1.29 is 4.74 Å². The number of rotatable bonds is 8. The summed E-state index contributed by atoms with van der Waals surface area (Å²) in [7, 11) is 0. The molecule has 1 unspecified atom stereocenters. The number of nitrogens with zero attached hydrogens (tertiary/aromatic N) is 1. The van der Waals surface area contributed by atoms with Gasteiger partial charge in [-0.05, 0) is 26.7 Å². The molecular formula is C15H32N2O. The Labute approximate surface area is 113 Å². The van der Waals surface area contributed by atoms with Gasteiger partial charge in [0.1, 0.15) is 0 Å². The van der Waals surface area contributed by atoms with Crippen LogP contribution < -0.4 is 5.32 Å². The van der Waals surface area contributed by atoms with Gasteiger partial charge in [0.15, 0.2) is 0 Å². The summed E-state index contributed by atoms with van der Waals surface area (Å²) in [5, 5.41) is 3.67. The summed E-state index contributed by atoms with van der Waals surface area (Å²) >= 11 is 0. The van der Waals surface area contributed by atoms with E-state index in [4.69, 9.17) is 4.74 Å². The van der Waals surface area contributed by atoms with Gasteiger partial charge in [-0.15, -0.1) is 0 Å². The molecule has 3 nitrogen and oxygen atoms in total. The van der Waals surface area contributed by atoms with Crippen molar-refractivity contribution in [3.8, 4) is 0 Å². The lowest BCUT2D eigenvalue weighted by atomic mass is 9.96. The fraction of sp³-hybridized carbons (Fsp3) is 1.00. The number of hydrogen-bond donors (Lipinski definition) is 1. The van der Waals surface area contributed by atoms with E-state index in [1.807, 2.05) is 0 Å². The Hall–Kier alpha value is -0.120. The molecule has 1 aliphatic heterocycles. The van der Waals surface area contributed by atoms with Gasteiger partial charge in [-0.1, -0.05) is 26.7 Å². The summed E-state index contributed by atoms with van der Waals surface area (Å²) in [6.07, 6.45) is 4.95. The fourth-order valence-corrected chi connectivity index (χ4v) is 2.54. The molecule has 0 radical (unpaired) electrons. The number of piperazine rings is 1. The second-order valence-electron chi connectivity index (χ2n) is 6.09. The summed E-state index contributed by atoms with van der Waals surface area (Å²) < 4.78 is 5.70. The topological polar surface area (TPSA) is 24.5 Å². The molecule has 0 aromatic rings. The zero-order valence-electron chi connectivity index (χ0n) is 12.8. The van der Waals surface area contributed by atoms with Crippen LogP contribution in [0.1, 0.15) is 53.4 Å². The van der Waals surface area contributed by atoms with E-state index in [0.717, 1.165) is 32.8 Å². The van der Waals surface area contributed by atoms with Gasteiger partial charge in [-0.2, -0.15) is 0 Å². The fourth-order valence-electron chi connectivity index (χ4n) is 2.54. The molecule has 1 saturated heterocycles. The van der Waals surface area contributed by atoms with Gasteiger partial charge in [0, 0.05) is 37.8 Å². The largest absolute Gasteiger partial charge is 0.380 e. The summed E-state index contributed by atoms with van der Waals surface area (Å²) in [4.78, 5) is 2.59. The molecule has 1 aliphatic rings. The van der Waals surface area contributed by atoms with E-state index in [-0.39, 0.29) is 5.54 Å². The predicted molar refractivity (Wildman–Crippen MR) is 78.1 cm³/mol. The summed E-state index contributed by atoms with van der Waals surface area (Å²) in [5.74, 6) is 0. The van der Waals surface area contributed by atoms with Crippen molar-refractivity contribution in [2.75, 3.05) is 32.8 Å². The Balaban J connectivity index is 2.29. The molecule has 1 heterocycles. The lowest BCUT2D eigenvalue weighted by Gasteiger charge is -2.46. The molecular weight excluding hydrogens is 224 g/mol. The third-order valence-electron chi connectivity index (χ3n) is 3.91. The maximum absolute atomic E-state index is 5.70. The SMILES string of the molecule is CCCCOCCN1CC(CCC)NCC1(C)C. The molecule has 18 heavy (non-hydrogen) atoms. The van der Waals surface area contributed by atoms with E-state index < -0.39 is 0 Å². The molecule has 0 aliphatic carbocycles. The van der Waals surface area contributed by atoms with E-state index in [1.165, 1.54) is 25.7 Å². The first kappa shape index (κ1) is 15.9. The van der Waals surface area contributed by atoms with Crippen molar-refractivity contribution in [2.45, 2.75) is 65.0 Å². The quantitative estimate of drug-likeness (QED) is 0.676. The zero-order valence-corrected chi connectivity index (χ0v) is 12.8. The molecule has 108 valence electrons. The van der Waals surface area contributed by atoms with Crippen LogP contribution in [0.5, 0.6) is 0 Å². The molecule has 0 saturated carbocycles. The Morgan fingerprint density at radius 1 is 1.22 bits per heavy atom. The average molecular weight is 256 g/mol. The minimum atomic E-state index is 0.262. The second-order valence-corrected chi connectivity index (χ2v) is 6.09. The van der Waals surface area contributed by atoms with E-state index >= 15 is 0 Å². The van der Waals surface area contributed by atoms with Gasteiger partial charge >= 0.3 is 0 Å². The van der Waals surface area contributed by atoms with Crippen LogP contribution in [-0.2, 0) is 4.74 Å². The maximum atomic E-state index is 5.70. The molecule has 0 amide bonds. The van der Waals surface area contributed by atoms with Crippen molar-refractivity contribution in [3.05, 3.63) is 0 Å². The highest BCUT2D eigenvalue weighted by molar-refractivity contribution is 4.92. The van der Waals surface area contributed by atoms with Gasteiger partial charge in [0.25, 0.3) is 0 Å². The van der Waals surface area contributed by atoms with Crippen LogP contribution in [0, 0.1) is 0 Å². The van der Waals surface area contributed by atoms with Crippen LogP contribution in [0.25, 0.3) is 0 Å². The first-order valence-electron chi connectivity index (χ1n) is 7.66. The molecule has 0 spiro atoms. The average Bonchev–Trinajstić information content (AvgIpc) is 2.33. The predicted octanol–water partition coefficient (Wildman–Crippen LogP) is 2.66. The minimum absolute atomic E-state index is 0.262. The Bertz CT molecular complexity index is 219.